The molecule has 0 fully saturated rings. The Balaban J connectivity index is 2.82. The van der Waals surface area contributed by atoms with Crippen LogP contribution in [0.4, 0.5) is 0 Å². The van der Waals surface area contributed by atoms with Crippen LogP contribution < -0.4 is 5.43 Å². The lowest BCUT2D eigenvalue weighted by Gasteiger charge is -2.12. The van der Waals surface area contributed by atoms with Crippen molar-refractivity contribution in [3.63, 3.8) is 0 Å². The lowest BCUT2D eigenvalue weighted by Crippen LogP contribution is -2.28. The van der Waals surface area contributed by atoms with E-state index in [1.807, 2.05) is 0 Å². The fourth-order valence-electron chi connectivity index (χ4n) is 1.80. The highest BCUT2D eigenvalue weighted by Crippen LogP contribution is 2.27. The van der Waals surface area contributed by atoms with Crippen LogP contribution in [0.3, 0.4) is 0 Å². The molecule has 1 aromatic carbocycles. The average Bonchev–Trinajstić information content (AvgIpc) is 2.54. The van der Waals surface area contributed by atoms with Gasteiger partial charge in [-0.15, -0.1) is 0 Å². The van der Waals surface area contributed by atoms with Gasteiger partial charge in [0.25, 0.3) is 0 Å². The summed E-state index contributed by atoms with van der Waals surface area (Å²) < 4.78 is 10.1. The van der Waals surface area contributed by atoms with Gasteiger partial charge in [0.05, 0.1) is 24.3 Å². The first-order chi connectivity index (χ1) is 10.9. The van der Waals surface area contributed by atoms with E-state index in [1.165, 1.54) is 12.1 Å². The first-order valence-electron chi connectivity index (χ1n) is 6.15. The van der Waals surface area contributed by atoms with Gasteiger partial charge in [-0.05, 0) is 12.1 Å². The second kappa shape index (κ2) is 6.80. The normalized spacial score (nSPS) is 10.3. The second-order valence-corrected chi connectivity index (χ2v) is 5.03. The topological polar surface area (TPSA) is 87.5 Å². The van der Waals surface area contributed by atoms with Crippen molar-refractivity contribution in [1.82, 2.24) is 9.78 Å². The fraction of sp³-hybridized carbons (Fsp3) is 0.143. The Kier molecular flexibility index (Phi) is 5.02. The van der Waals surface area contributed by atoms with E-state index >= 15 is 0 Å². The third kappa shape index (κ3) is 3.20. The van der Waals surface area contributed by atoms with Gasteiger partial charge in [-0.1, -0.05) is 29.3 Å². The Hall–Kier alpha value is -2.38. The molecule has 0 aliphatic carbocycles. The number of hydrogen-bond acceptors (Lipinski definition) is 6. The standard InChI is InChI=1S/C14H10Cl2N2O5/c1-22-13(20)7-6-18(11-8(15)4-3-5-9(11)16)17-10(12(7)19)14(21)23-2/h3-6H,1-2H3. The number of hydrogen-bond donors (Lipinski definition) is 0. The Morgan fingerprint density at radius 3 is 2.17 bits per heavy atom. The highest BCUT2D eigenvalue weighted by atomic mass is 35.5. The molecule has 9 heteroatoms. The lowest BCUT2D eigenvalue weighted by atomic mass is 10.2. The van der Waals surface area contributed by atoms with Gasteiger partial charge in [-0.3, -0.25) is 4.79 Å². The maximum atomic E-state index is 12.2. The number of ether oxygens (including phenoxy) is 2. The monoisotopic (exact) mass is 356 g/mol. The predicted molar refractivity (Wildman–Crippen MR) is 82.5 cm³/mol. The number of aromatic nitrogens is 2. The Labute approximate surface area is 140 Å². The molecule has 0 N–H and O–H groups in total. The molecule has 120 valence electrons. The molecule has 0 bridgehead atoms. The van der Waals surface area contributed by atoms with Crippen LogP contribution in [0.15, 0.2) is 29.2 Å². The maximum Gasteiger partial charge on any atom is 0.362 e. The molecule has 0 saturated carbocycles. The number of esters is 2. The zero-order chi connectivity index (χ0) is 17.1. The molecule has 1 heterocycles. The van der Waals surface area contributed by atoms with Crippen LogP contribution in [0.5, 0.6) is 0 Å². The summed E-state index contributed by atoms with van der Waals surface area (Å²) in [6, 6.07) is 4.69. The fourth-order valence-corrected chi connectivity index (χ4v) is 2.37. The summed E-state index contributed by atoms with van der Waals surface area (Å²) in [6.07, 6.45) is 1.09. The lowest BCUT2D eigenvalue weighted by molar-refractivity contribution is 0.0587. The zero-order valence-corrected chi connectivity index (χ0v) is 13.5. The van der Waals surface area contributed by atoms with E-state index in [1.54, 1.807) is 6.07 Å². The van der Waals surface area contributed by atoms with E-state index in [9.17, 15) is 14.4 Å². The summed E-state index contributed by atoms with van der Waals surface area (Å²) in [5.74, 6) is -1.93. The van der Waals surface area contributed by atoms with Crippen molar-refractivity contribution in [2.45, 2.75) is 0 Å². The van der Waals surface area contributed by atoms with Crippen LogP contribution in [-0.4, -0.2) is 35.9 Å². The van der Waals surface area contributed by atoms with E-state index < -0.39 is 28.6 Å². The summed E-state index contributed by atoms with van der Waals surface area (Å²) in [5.41, 5.74) is -1.71. The zero-order valence-electron chi connectivity index (χ0n) is 12.0. The summed E-state index contributed by atoms with van der Waals surface area (Å²) in [6.45, 7) is 0. The van der Waals surface area contributed by atoms with Crippen molar-refractivity contribution < 1.29 is 19.1 Å². The number of carbonyl (C=O) groups excluding carboxylic acids is 2. The van der Waals surface area contributed by atoms with Gasteiger partial charge in [0, 0.05) is 6.20 Å². The van der Waals surface area contributed by atoms with Gasteiger partial charge in [0.15, 0.2) is 0 Å². The van der Waals surface area contributed by atoms with E-state index in [4.69, 9.17) is 23.2 Å². The minimum absolute atomic E-state index is 0.200. The molecular formula is C14H10Cl2N2O5. The van der Waals surface area contributed by atoms with E-state index in [-0.39, 0.29) is 15.7 Å². The van der Waals surface area contributed by atoms with Crippen molar-refractivity contribution in [1.29, 1.82) is 0 Å². The Bertz CT molecular complexity index is 787. The molecule has 23 heavy (non-hydrogen) atoms. The molecule has 7 nitrogen and oxygen atoms in total. The number of benzene rings is 1. The van der Waals surface area contributed by atoms with E-state index in [0.717, 1.165) is 25.1 Å². The molecule has 0 radical (unpaired) electrons. The van der Waals surface area contributed by atoms with E-state index in [2.05, 4.69) is 14.6 Å². The second-order valence-electron chi connectivity index (χ2n) is 4.22. The van der Waals surface area contributed by atoms with Crippen molar-refractivity contribution in [3.05, 3.63) is 55.9 Å². The summed E-state index contributed by atoms with van der Waals surface area (Å²) in [5, 5.41) is 4.28. The molecule has 0 atom stereocenters. The molecule has 0 saturated heterocycles. The summed E-state index contributed by atoms with van der Waals surface area (Å²) >= 11 is 12.2. The largest absolute Gasteiger partial charge is 0.465 e. The quantitative estimate of drug-likeness (QED) is 0.782. The molecule has 2 rings (SSSR count). The van der Waals surface area contributed by atoms with Crippen LogP contribution in [-0.2, 0) is 9.47 Å². The van der Waals surface area contributed by atoms with Crippen molar-refractivity contribution >= 4 is 35.1 Å². The third-order valence-corrected chi connectivity index (χ3v) is 3.48. The molecule has 1 aromatic heterocycles. The minimum Gasteiger partial charge on any atom is -0.465 e. The van der Waals surface area contributed by atoms with Gasteiger partial charge < -0.3 is 9.47 Å². The van der Waals surface area contributed by atoms with Crippen molar-refractivity contribution in [3.8, 4) is 5.69 Å². The van der Waals surface area contributed by atoms with Gasteiger partial charge >= 0.3 is 11.9 Å². The number of rotatable bonds is 3. The summed E-state index contributed by atoms with van der Waals surface area (Å²) in [7, 11) is 2.19. The minimum atomic E-state index is -1.00. The number of nitrogens with zero attached hydrogens (tertiary/aromatic N) is 2. The molecule has 2 aromatic rings. The molecule has 0 aliphatic rings. The molecule has 0 amide bonds. The van der Waals surface area contributed by atoms with Crippen molar-refractivity contribution in [2.24, 2.45) is 0 Å². The Morgan fingerprint density at radius 2 is 1.65 bits per heavy atom. The van der Waals surface area contributed by atoms with Crippen molar-refractivity contribution in [2.75, 3.05) is 14.2 Å². The van der Waals surface area contributed by atoms with Crippen LogP contribution in [0.1, 0.15) is 20.8 Å². The average molecular weight is 357 g/mol. The van der Waals surface area contributed by atoms with Crippen LogP contribution >= 0.6 is 23.2 Å². The SMILES string of the molecule is COC(=O)c1cn(-c2c(Cl)cccc2Cl)nc(C(=O)OC)c1=O. The molecule has 0 spiro atoms. The summed E-state index contributed by atoms with van der Waals surface area (Å²) in [4.78, 5) is 35.7. The van der Waals surface area contributed by atoms with Crippen LogP contribution in [0, 0.1) is 0 Å². The van der Waals surface area contributed by atoms with E-state index in [0.29, 0.717) is 0 Å². The maximum absolute atomic E-state index is 12.2. The highest BCUT2D eigenvalue weighted by Gasteiger charge is 2.23. The third-order valence-electron chi connectivity index (χ3n) is 2.87. The number of halogens is 2. The van der Waals surface area contributed by atoms with Gasteiger partial charge in [-0.2, -0.15) is 5.10 Å². The first-order valence-corrected chi connectivity index (χ1v) is 6.91. The smallest absolute Gasteiger partial charge is 0.362 e. The number of para-hydroxylation sites is 1. The van der Waals surface area contributed by atoms with Gasteiger partial charge in [0.2, 0.25) is 11.1 Å². The van der Waals surface area contributed by atoms with Crippen LogP contribution in [0.2, 0.25) is 10.0 Å². The molecule has 0 aliphatic heterocycles. The number of carbonyl (C=O) groups is 2. The van der Waals surface area contributed by atoms with Gasteiger partial charge in [0.1, 0.15) is 11.3 Å². The number of methoxy groups -OCH3 is 2. The molecule has 0 unspecified atom stereocenters. The highest BCUT2D eigenvalue weighted by molar-refractivity contribution is 6.37. The Morgan fingerprint density at radius 1 is 1.09 bits per heavy atom. The molecular weight excluding hydrogens is 347 g/mol. The van der Waals surface area contributed by atoms with Crippen LogP contribution in [0.25, 0.3) is 5.69 Å². The first kappa shape index (κ1) is 17.0. The van der Waals surface area contributed by atoms with Gasteiger partial charge in [-0.25, -0.2) is 14.3 Å². The predicted octanol–water partition coefficient (Wildman–Crippen LogP) is 2.11.